The summed E-state index contributed by atoms with van der Waals surface area (Å²) < 4.78 is 5.86. The maximum atomic E-state index is 5.86. The lowest BCUT2D eigenvalue weighted by atomic mass is 9.95. The number of rotatable bonds is 5. The molecule has 2 rings (SSSR count). The van der Waals surface area contributed by atoms with Crippen molar-refractivity contribution in [3.63, 3.8) is 0 Å². The summed E-state index contributed by atoms with van der Waals surface area (Å²) in [5, 5.41) is 3.78. The van der Waals surface area contributed by atoms with Gasteiger partial charge in [-0.05, 0) is 44.9 Å². The first-order valence-corrected chi connectivity index (χ1v) is 8.09. The Hall–Kier alpha value is -0.0800. The third-order valence-corrected chi connectivity index (χ3v) is 4.85. The fraction of sp³-hybridized carbons (Fsp3) is 1.00. The second kappa shape index (κ2) is 6.91. The van der Waals surface area contributed by atoms with Crippen molar-refractivity contribution in [2.45, 2.75) is 83.3 Å². The Morgan fingerprint density at radius 1 is 1.17 bits per heavy atom. The molecule has 0 aromatic carbocycles. The maximum absolute atomic E-state index is 5.86. The van der Waals surface area contributed by atoms with E-state index in [4.69, 9.17) is 4.74 Å². The minimum absolute atomic E-state index is 0.120. The third-order valence-electron chi connectivity index (χ3n) is 4.85. The van der Waals surface area contributed by atoms with Crippen LogP contribution in [0.1, 0.15) is 71.6 Å². The van der Waals surface area contributed by atoms with E-state index in [1.807, 2.05) is 0 Å². The molecule has 2 fully saturated rings. The van der Waals surface area contributed by atoms with Gasteiger partial charge in [0.05, 0.1) is 5.60 Å². The summed E-state index contributed by atoms with van der Waals surface area (Å²) >= 11 is 0. The summed E-state index contributed by atoms with van der Waals surface area (Å²) in [5.74, 6) is 1.00. The molecule has 0 radical (unpaired) electrons. The Morgan fingerprint density at radius 2 is 2.06 bits per heavy atom. The number of hydrogen-bond acceptors (Lipinski definition) is 2. The molecule has 1 saturated carbocycles. The summed E-state index contributed by atoms with van der Waals surface area (Å²) in [6, 6.07) is 0.743. The highest BCUT2D eigenvalue weighted by Crippen LogP contribution is 2.28. The summed E-state index contributed by atoms with van der Waals surface area (Å²) in [4.78, 5) is 0. The molecule has 2 nitrogen and oxygen atoms in total. The van der Waals surface area contributed by atoms with Crippen molar-refractivity contribution in [2.75, 3.05) is 13.2 Å². The van der Waals surface area contributed by atoms with Gasteiger partial charge in [0.1, 0.15) is 0 Å². The van der Waals surface area contributed by atoms with Crippen molar-refractivity contribution >= 4 is 0 Å². The molecule has 3 unspecified atom stereocenters. The van der Waals surface area contributed by atoms with Gasteiger partial charge in [-0.15, -0.1) is 0 Å². The van der Waals surface area contributed by atoms with Crippen molar-refractivity contribution < 1.29 is 4.74 Å². The molecule has 1 N–H and O–H groups in total. The molecule has 1 aliphatic carbocycles. The molecule has 0 bridgehead atoms. The highest BCUT2D eigenvalue weighted by atomic mass is 16.5. The normalized spacial score (nSPS) is 37.7. The zero-order valence-corrected chi connectivity index (χ0v) is 12.3. The van der Waals surface area contributed by atoms with Gasteiger partial charge in [0.2, 0.25) is 0 Å². The van der Waals surface area contributed by atoms with E-state index in [1.54, 1.807) is 0 Å². The van der Waals surface area contributed by atoms with Crippen LogP contribution < -0.4 is 5.32 Å². The minimum Gasteiger partial charge on any atom is -0.374 e. The maximum Gasteiger partial charge on any atom is 0.0779 e. The van der Waals surface area contributed by atoms with Crippen LogP contribution in [0.15, 0.2) is 0 Å². The topological polar surface area (TPSA) is 21.3 Å². The highest BCUT2D eigenvalue weighted by molar-refractivity contribution is 4.85. The largest absolute Gasteiger partial charge is 0.374 e. The van der Waals surface area contributed by atoms with Gasteiger partial charge in [-0.2, -0.15) is 0 Å². The van der Waals surface area contributed by atoms with Crippen molar-refractivity contribution in [3.05, 3.63) is 0 Å². The van der Waals surface area contributed by atoms with Gasteiger partial charge in [-0.25, -0.2) is 0 Å². The van der Waals surface area contributed by atoms with Crippen LogP contribution in [0.5, 0.6) is 0 Å². The molecule has 0 aromatic rings. The molecule has 0 spiro atoms. The van der Waals surface area contributed by atoms with E-state index in [1.165, 1.54) is 57.8 Å². The molecule has 0 amide bonds. The number of ether oxygens (including phenoxy) is 1. The number of hydrogen-bond donors (Lipinski definition) is 1. The Labute approximate surface area is 113 Å². The zero-order valence-electron chi connectivity index (χ0n) is 12.3. The Kier molecular flexibility index (Phi) is 5.50. The second-order valence-electron chi connectivity index (χ2n) is 6.64. The van der Waals surface area contributed by atoms with Crippen LogP contribution in [0.2, 0.25) is 0 Å². The van der Waals surface area contributed by atoms with Gasteiger partial charge < -0.3 is 10.1 Å². The van der Waals surface area contributed by atoms with Crippen molar-refractivity contribution in [3.8, 4) is 0 Å². The highest BCUT2D eigenvalue weighted by Gasteiger charge is 2.30. The van der Waals surface area contributed by atoms with Gasteiger partial charge in [0.25, 0.3) is 0 Å². The lowest BCUT2D eigenvalue weighted by molar-refractivity contribution is 0.0183. The molecule has 2 aliphatic rings. The van der Waals surface area contributed by atoms with Crippen molar-refractivity contribution in [1.82, 2.24) is 5.32 Å². The van der Waals surface area contributed by atoms with Crippen LogP contribution in [0.25, 0.3) is 0 Å². The molecular weight excluding hydrogens is 222 g/mol. The van der Waals surface area contributed by atoms with Crippen LogP contribution in [0.4, 0.5) is 0 Å². The van der Waals surface area contributed by atoms with Gasteiger partial charge in [-0.1, -0.05) is 32.6 Å². The van der Waals surface area contributed by atoms with Crippen molar-refractivity contribution in [2.24, 2.45) is 5.92 Å². The first-order chi connectivity index (χ1) is 8.72. The van der Waals surface area contributed by atoms with Gasteiger partial charge in [0.15, 0.2) is 0 Å². The predicted molar refractivity (Wildman–Crippen MR) is 76.9 cm³/mol. The predicted octanol–water partition coefficient (Wildman–Crippen LogP) is 3.89. The summed E-state index contributed by atoms with van der Waals surface area (Å²) in [7, 11) is 0. The Balaban J connectivity index is 1.70. The molecule has 1 heterocycles. The molecule has 18 heavy (non-hydrogen) atoms. The van der Waals surface area contributed by atoms with E-state index in [2.05, 4.69) is 19.2 Å². The molecule has 1 aliphatic heterocycles. The molecule has 2 heteroatoms. The van der Waals surface area contributed by atoms with Crippen LogP contribution in [-0.2, 0) is 4.74 Å². The summed E-state index contributed by atoms with van der Waals surface area (Å²) in [6.07, 6.45) is 12.3. The standard InChI is InChI=1S/C16H31NO/c1-3-6-14-7-4-8-15(10-9-14)17-13-16(2)11-5-12-18-16/h14-15,17H,3-13H2,1-2H3. The average Bonchev–Trinajstić information content (AvgIpc) is 2.66. The smallest absolute Gasteiger partial charge is 0.0779 e. The van der Waals surface area contributed by atoms with Crippen LogP contribution >= 0.6 is 0 Å². The zero-order chi connectivity index (χ0) is 12.8. The van der Waals surface area contributed by atoms with Gasteiger partial charge >= 0.3 is 0 Å². The van der Waals surface area contributed by atoms with E-state index in [9.17, 15) is 0 Å². The van der Waals surface area contributed by atoms with Crippen molar-refractivity contribution in [1.29, 1.82) is 0 Å². The average molecular weight is 253 g/mol. The van der Waals surface area contributed by atoms with Crippen LogP contribution in [0, 0.1) is 5.92 Å². The molecule has 3 atom stereocenters. The Bertz CT molecular complexity index is 235. The van der Waals surface area contributed by atoms with E-state index in [0.29, 0.717) is 0 Å². The van der Waals surface area contributed by atoms with E-state index in [-0.39, 0.29) is 5.60 Å². The third kappa shape index (κ3) is 4.24. The quantitative estimate of drug-likeness (QED) is 0.750. The lowest BCUT2D eigenvalue weighted by Crippen LogP contribution is -2.42. The molecular formula is C16H31NO. The fourth-order valence-electron chi connectivity index (χ4n) is 3.62. The van der Waals surface area contributed by atoms with E-state index < -0.39 is 0 Å². The van der Waals surface area contributed by atoms with Crippen LogP contribution in [-0.4, -0.2) is 24.8 Å². The van der Waals surface area contributed by atoms with Gasteiger partial charge in [-0.3, -0.25) is 0 Å². The Morgan fingerprint density at radius 3 is 2.78 bits per heavy atom. The first-order valence-electron chi connectivity index (χ1n) is 8.09. The SMILES string of the molecule is CCCC1CCCC(NCC2(C)CCCO2)CC1. The first kappa shape index (κ1) is 14.3. The fourth-order valence-corrected chi connectivity index (χ4v) is 3.62. The lowest BCUT2D eigenvalue weighted by Gasteiger charge is -2.27. The second-order valence-corrected chi connectivity index (χ2v) is 6.64. The summed E-state index contributed by atoms with van der Waals surface area (Å²) in [5.41, 5.74) is 0.120. The molecule has 0 aromatic heterocycles. The minimum atomic E-state index is 0.120. The van der Waals surface area contributed by atoms with E-state index >= 15 is 0 Å². The van der Waals surface area contributed by atoms with Gasteiger partial charge in [0, 0.05) is 19.2 Å². The summed E-state index contributed by atoms with van der Waals surface area (Å²) in [6.45, 7) is 6.60. The monoisotopic (exact) mass is 253 g/mol. The molecule has 106 valence electrons. The molecule has 1 saturated heterocycles. The van der Waals surface area contributed by atoms with Crippen LogP contribution in [0.3, 0.4) is 0 Å². The van der Waals surface area contributed by atoms with E-state index in [0.717, 1.165) is 25.1 Å². The number of nitrogens with one attached hydrogen (secondary N) is 1.